The van der Waals surface area contributed by atoms with Crippen LogP contribution in [0.4, 0.5) is 0 Å². The van der Waals surface area contributed by atoms with Crippen molar-refractivity contribution in [2.75, 3.05) is 5.75 Å². The smallest absolute Gasteiger partial charge is 0.343 e. The summed E-state index contributed by atoms with van der Waals surface area (Å²) in [6.45, 7) is 2.13. The maximum absolute atomic E-state index is 12.1. The Kier molecular flexibility index (Phi) is 10.8. The van der Waals surface area contributed by atoms with Gasteiger partial charge in [0.15, 0.2) is 5.44 Å². The van der Waals surface area contributed by atoms with Crippen LogP contribution in [-0.2, 0) is 9.59 Å². The molecule has 0 radical (unpaired) electrons. The Hall–Kier alpha value is -1.07. The first-order valence-electron chi connectivity index (χ1n) is 8.93. The largest absolute Gasteiger partial charge is 0.479 e. The predicted octanol–water partition coefficient (Wildman–Crippen LogP) is 4.19. The Labute approximate surface area is 149 Å². The summed E-state index contributed by atoms with van der Waals surface area (Å²) in [4.78, 5) is 22.6. The topological polar surface area (TPSA) is 74.6 Å². The Morgan fingerprint density at radius 3 is 2.75 bits per heavy atom. The van der Waals surface area contributed by atoms with E-state index in [2.05, 4.69) is 31.2 Å². The molecule has 1 saturated carbocycles. The van der Waals surface area contributed by atoms with Crippen molar-refractivity contribution in [2.45, 2.75) is 63.7 Å². The van der Waals surface area contributed by atoms with E-state index in [1.54, 1.807) is 0 Å². The summed E-state index contributed by atoms with van der Waals surface area (Å²) in [6.07, 6.45) is 16.2. The molecule has 24 heavy (non-hydrogen) atoms. The molecule has 2 N–H and O–H groups in total. The van der Waals surface area contributed by atoms with Crippen molar-refractivity contribution in [1.82, 2.24) is 0 Å². The van der Waals surface area contributed by atoms with Crippen LogP contribution in [0.15, 0.2) is 24.3 Å². The standard InChI is InChI=1S/C19H30O4S/c1-2-3-4-5-6-7-10-15-12-13-17(20)16(15)11-8-9-14-24-19(23)18(21)22/h3-4,7,10,15-16,19,23H,2,5-6,8-9,11-14H2,1H3,(H,21,22)/t15-,16+,19?/m0/s1. The van der Waals surface area contributed by atoms with E-state index in [0.29, 0.717) is 23.9 Å². The summed E-state index contributed by atoms with van der Waals surface area (Å²) in [5, 5.41) is 17.8. The van der Waals surface area contributed by atoms with Gasteiger partial charge in [-0.1, -0.05) is 37.6 Å². The van der Waals surface area contributed by atoms with Gasteiger partial charge in [0.1, 0.15) is 5.78 Å². The minimum Gasteiger partial charge on any atom is -0.479 e. The van der Waals surface area contributed by atoms with Gasteiger partial charge in [0.25, 0.3) is 0 Å². The number of carbonyl (C=O) groups is 2. The zero-order chi connectivity index (χ0) is 17.8. The third-order valence-electron chi connectivity index (χ3n) is 4.34. The Bertz CT molecular complexity index is 445. The molecule has 1 rings (SSSR count). The summed E-state index contributed by atoms with van der Waals surface area (Å²) in [7, 11) is 0. The number of Topliss-reactive ketones (excluding diaryl/α,β-unsaturated/α-hetero) is 1. The van der Waals surface area contributed by atoms with Crippen molar-refractivity contribution in [1.29, 1.82) is 0 Å². The first kappa shape index (κ1) is 21.0. The molecule has 1 aliphatic carbocycles. The van der Waals surface area contributed by atoms with Crippen LogP contribution in [0.25, 0.3) is 0 Å². The molecule has 5 heteroatoms. The molecule has 0 saturated heterocycles. The number of carboxylic acid groups (broad SMARTS) is 1. The molecule has 0 aromatic heterocycles. The van der Waals surface area contributed by atoms with Gasteiger partial charge >= 0.3 is 5.97 Å². The second kappa shape index (κ2) is 12.3. The van der Waals surface area contributed by atoms with Gasteiger partial charge in [-0.25, -0.2) is 4.79 Å². The highest BCUT2D eigenvalue weighted by molar-refractivity contribution is 8.00. The molecule has 1 fully saturated rings. The summed E-state index contributed by atoms with van der Waals surface area (Å²) in [6, 6.07) is 0. The fourth-order valence-corrected chi connectivity index (χ4v) is 3.76. The highest BCUT2D eigenvalue weighted by Crippen LogP contribution is 2.34. The van der Waals surface area contributed by atoms with Gasteiger partial charge in [-0.15, -0.1) is 11.8 Å². The van der Waals surface area contributed by atoms with Crippen LogP contribution in [0.3, 0.4) is 0 Å². The average Bonchev–Trinajstić information content (AvgIpc) is 2.90. The van der Waals surface area contributed by atoms with Crippen LogP contribution in [0.5, 0.6) is 0 Å². The number of unbranched alkanes of at least 4 members (excludes halogenated alkanes) is 2. The van der Waals surface area contributed by atoms with Crippen molar-refractivity contribution in [3.63, 3.8) is 0 Å². The van der Waals surface area contributed by atoms with E-state index in [0.717, 1.165) is 56.7 Å². The lowest BCUT2D eigenvalue weighted by molar-refractivity contribution is -0.141. The van der Waals surface area contributed by atoms with Crippen molar-refractivity contribution in [2.24, 2.45) is 11.8 Å². The highest BCUT2D eigenvalue weighted by atomic mass is 32.2. The molecule has 0 amide bonds. The zero-order valence-electron chi connectivity index (χ0n) is 14.5. The first-order valence-corrected chi connectivity index (χ1v) is 9.98. The van der Waals surface area contributed by atoms with E-state index in [-0.39, 0.29) is 5.92 Å². The second-order valence-electron chi connectivity index (χ2n) is 6.22. The van der Waals surface area contributed by atoms with Crippen molar-refractivity contribution in [3.8, 4) is 0 Å². The number of aliphatic carboxylic acids is 1. The summed E-state index contributed by atoms with van der Waals surface area (Å²) >= 11 is 1.04. The van der Waals surface area contributed by atoms with Gasteiger partial charge in [0.2, 0.25) is 0 Å². The Morgan fingerprint density at radius 1 is 1.29 bits per heavy atom. The Balaban J connectivity index is 2.26. The Morgan fingerprint density at radius 2 is 2.04 bits per heavy atom. The maximum Gasteiger partial charge on any atom is 0.343 e. The summed E-state index contributed by atoms with van der Waals surface area (Å²) < 4.78 is 0. The van der Waals surface area contributed by atoms with Crippen molar-refractivity contribution in [3.05, 3.63) is 24.3 Å². The minimum absolute atomic E-state index is 0.127. The van der Waals surface area contributed by atoms with E-state index in [4.69, 9.17) is 5.11 Å². The number of aliphatic hydroxyl groups is 1. The van der Waals surface area contributed by atoms with Crippen LogP contribution >= 0.6 is 11.8 Å². The number of allylic oxidation sites excluding steroid dienone is 4. The van der Waals surface area contributed by atoms with Gasteiger partial charge in [0.05, 0.1) is 0 Å². The van der Waals surface area contributed by atoms with Gasteiger partial charge in [-0.05, 0) is 50.2 Å². The third kappa shape index (κ3) is 8.15. The number of rotatable bonds is 12. The van der Waals surface area contributed by atoms with Gasteiger partial charge in [-0.2, -0.15) is 0 Å². The third-order valence-corrected chi connectivity index (χ3v) is 5.38. The molecule has 0 aromatic carbocycles. The van der Waals surface area contributed by atoms with Crippen LogP contribution in [0, 0.1) is 11.8 Å². The minimum atomic E-state index is -1.34. The van der Waals surface area contributed by atoms with Crippen LogP contribution < -0.4 is 0 Å². The highest BCUT2D eigenvalue weighted by Gasteiger charge is 2.32. The number of thioether (sulfide) groups is 1. The number of hydrogen-bond donors (Lipinski definition) is 2. The number of hydrogen-bond acceptors (Lipinski definition) is 4. The van der Waals surface area contributed by atoms with Crippen LogP contribution in [0.2, 0.25) is 0 Å². The fraction of sp³-hybridized carbons (Fsp3) is 0.684. The number of aliphatic hydroxyl groups excluding tert-OH is 1. The number of carboxylic acids is 1. The molecule has 4 nitrogen and oxygen atoms in total. The quantitative estimate of drug-likeness (QED) is 0.312. The lowest BCUT2D eigenvalue weighted by Gasteiger charge is -2.15. The SMILES string of the molecule is CCC=CCCC=C[C@H]1CCC(=O)[C@@H]1CCCCSC(O)C(=O)O. The van der Waals surface area contributed by atoms with Gasteiger partial charge < -0.3 is 10.2 Å². The lowest BCUT2D eigenvalue weighted by atomic mass is 9.90. The zero-order valence-corrected chi connectivity index (χ0v) is 15.3. The molecular weight excluding hydrogens is 324 g/mol. The molecule has 0 bridgehead atoms. The first-order chi connectivity index (χ1) is 11.6. The molecule has 1 aliphatic rings. The van der Waals surface area contributed by atoms with Crippen molar-refractivity contribution < 1.29 is 19.8 Å². The fourth-order valence-electron chi connectivity index (χ4n) is 3.02. The molecule has 0 aromatic rings. The predicted molar refractivity (Wildman–Crippen MR) is 99.0 cm³/mol. The number of carbonyl (C=O) groups excluding carboxylic acids is 1. The normalized spacial score (nSPS) is 22.7. The molecule has 3 atom stereocenters. The monoisotopic (exact) mass is 354 g/mol. The molecule has 0 spiro atoms. The van der Waals surface area contributed by atoms with E-state index in [9.17, 15) is 14.7 Å². The summed E-state index contributed by atoms with van der Waals surface area (Å²) in [5.41, 5.74) is -1.34. The molecule has 136 valence electrons. The van der Waals surface area contributed by atoms with E-state index >= 15 is 0 Å². The summed E-state index contributed by atoms with van der Waals surface area (Å²) in [5.74, 6) is 0.281. The number of ketones is 1. The second-order valence-corrected chi connectivity index (χ2v) is 7.41. The van der Waals surface area contributed by atoms with Gasteiger partial charge in [-0.3, -0.25) is 4.79 Å². The van der Waals surface area contributed by atoms with Gasteiger partial charge in [0, 0.05) is 12.3 Å². The van der Waals surface area contributed by atoms with E-state index in [1.165, 1.54) is 0 Å². The molecule has 0 aliphatic heterocycles. The maximum atomic E-state index is 12.1. The molecule has 1 unspecified atom stereocenters. The van der Waals surface area contributed by atoms with E-state index in [1.807, 2.05) is 0 Å². The van der Waals surface area contributed by atoms with E-state index < -0.39 is 11.4 Å². The average molecular weight is 355 g/mol. The lowest BCUT2D eigenvalue weighted by Crippen LogP contribution is -2.16. The van der Waals surface area contributed by atoms with Crippen LogP contribution in [0.1, 0.15) is 58.3 Å². The molecule has 0 heterocycles. The molecular formula is C19H30O4S. The van der Waals surface area contributed by atoms with Crippen LogP contribution in [-0.4, -0.2) is 33.2 Å². The van der Waals surface area contributed by atoms with Crippen molar-refractivity contribution >= 4 is 23.5 Å².